The lowest BCUT2D eigenvalue weighted by atomic mass is 10.1. The Morgan fingerprint density at radius 3 is 2.72 bits per heavy atom. The number of hydrazine groups is 1. The molecule has 7 nitrogen and oxygen atoms in total. The molecule has 0 radical (unpaired) electrons. The van der Waals surface area contributed by atoms with Gasteiger partial charge in [-0.2, -0.15) is 0 Å². The Kier molecular flexibility index (Phi) is 4.69. The largest absolute Gasteiger partial charge is 0.464 e. The molecular weight excluding hydrogens is 365 g/mol. The molecule has 0 saturated heterocycles. The van der Waals surface area contributed by atoms with E-state index in [2.05, 4.69) is 9.97 Å². The third kappa shape index (κ3) is 3.08. The van der Waals surface area contributed by atoms with Gasteiger partial charge in [-0.1, -0.05) is 23.2 Å². The predicted molar refractivity (Wildman–Crippen MR) is 97.7 cm³/mol. The molecule has 0 aliphatic heterocycles. The van der Waals surface area contributed by atoms with Crippen molar-refractivity contribution in [3.05, 3.63) is 47.0 Å². The number of halogens is 2. The topological polar surface area (TPSA) is 74.5 Å². The lowest BCUT2D eigenvalue weighted by Gasteiger charge is -2.29. The van der Waals surface area contributed by atoms with E-state index in [9.17, 15) is 9.90 Å². The number of rotatable bonds is 4. The minimum absolute atomic E-state index is 0.273. The summed E-state index contributed by atoms with van der Waals surface area (Å²) >= 11 is 12.5. The second-order valence-electron chi connectivity index (χ2n) is 5.25. The molecule has 25 heavy (non-hydrogen) atoms. The van der Waals surface area contributed by atoms with Crippen LogP contribution in [0.5, 0.6) is 0 Å². The van der Waals surface area contributed by atoms with Crippen molar-refractivity contribution in [3.63, 3.8) is 0 Å². The van der Waals surface area contributed by atoms with Crippen LogP contribution in [0.2, 0.25) is 10.0 Å². The Labute approximate surface area is 154 Å². The number of fused-ring (bicyclic) bond motifs is 1. The van der Waals surface area contributed by atoms with Crippen LogP contribution in [0.25, 0.3) is 16.6 Å². The number of nitrogens with zero attached hydrogens (tertiary/aromatic N) is 5. The number of carboxylic acid groups (broad SMARTS) is 1. The van der Waals surface area contributed by atoms with Gasteiger partial charge in [0, 0.05) is 37.4 Å². The molecule has 3 aromatic rings. The van der Waals surface area contributed by atoms with Crippen LogP contribution in [0, 0.1) is 0 Å². The first kappa shape index (κ1) is 17.3. The van der Waals surface area contributed by atoms with E-state index in [0.717, 1.165) is 16.1 Å². The maximum atomic E-state index is 11.4. The quantitative estimate of drug-likeness (QED) is 0.691. The summed E-state index contributed by atoms with van der Waals surface area (Å²) in [5, 5.41) is 13.4. The Morgan fingerprint density at radius 1 is 1.36 bits per heavy atom. The summed E-state index contributed by atoms with van der Waals surface area (Å²) in [7, 11) is 1.63. The smallest absolute Gasteiger partial charge is 0.426 e. The van der Waals surface area contributed by atoms with Gasteiger partial charge in [0.25, 0.3) is 0 Å². The second kappa shape index (κ2) is 6.78. The minimum Gasteiger partial charge on any atom is -0.464 e. The number of benzene rings is 1. The standard InChI is InChI=1S/C16H15Cl2N5O2/c1-3-23(16(24)25)21(2)13-8-12(22-7-6-19-9-22)10-4-5-11(17)14(18)15(10)20-13/h4-9H,3H2,1-2H3,(H,24,25). The van der Waals surface area contributed by atoms with Crippen LogP contribution in [-0.4, -0.2) is 44.3 Å². The fourth-order valence-corrected chi connectivity index (χ4v) is 2.94. The van der Waals surface area contributed by atoms with Gasteiger partial charge in [0.1, 0.15) is 5.82 Å². The molecule has 3 rings (SSSR count). The van der Waals surface area contributed by atoms with E-state index in [1.54, 1.807) is 44.8 Å². The van der Waals surface area contributed by atoms with Crippen molar-refractivity contribution in [2.45, 2.75) is 6.92 Å². The molecule has 2 heterocycles. The van der Waals surface area contributed by atoms with Gasteiger partial charge >= 0.3 is 6.09 Å². The molecule has 2 aromatic heterocycles. The number of anilines is 1. The van der Waals surface area contributed by atoms with E-state index >= 15 is 0 Å². The third-order valence-electron chi connectivity index (χ3n) is 3.83. The summed E-state index contributed by atoms with van der Waals surface area (Å²) < 4.78 is 1.81. The van der Waals surface area contributed by atoms with Gasteiger partial charge < -0.3 is 9.67 Å². The molecule has 0 fully saturated rings. The fraction of sp³-hybridized carbons (Fsp3) is 0.188. The molecule has 9 heteroatoms. The third-order valence-corrected chi connectivity index (χ3v) is 4.63. The Hall–Kier alpha value is -2.51. The Morgan fingerprint density at radius 2 is 2.12 bits per heavy atom. The summed E-state index contributed by atoms with van der Waals surface area (Å²) in [6.45, 7) is 2.02. The zero-order valence-electron chi connectivity index (χ0n) is 13.5. The van der Waals surface area contributed by atoms with Crippen LogP contribution >= 0.6 is 23.2 Å². The van der Waals surface area contributed by atoms with Crippen molar-refractivity contribution in [1.82, 2.24) is 19.5 Å². The highest BCUT2D eigenvalue weighted by molar-refractivity contribution is 6.45. The highest BCUT2D eigenvalue weighted by Gasteiger charge is 2.20. The number of hydrogen-bond donors (Lipinski definition) is 1. The van der Waals surface area contributed by atoms with Gasteiger partial charge in [0.05, 0.1) is 27.6 Å². The van der Waals surface area contributed by atoms with E-state index in [1.165, 1.54) is 5.01 Å². The second-order valence-corrected chi connectivity index (χ2v) is 6.03. The maximum absolute atomic E-state index is 11.4. The summed E-state index contributed by atoms with van der Waals surface area (Å²) in [4.78, 5) is 20.0. The van der Waals surface area contributed by atoms with Gasteiger partial charge in [0.2, 0.25) is 0 Å². The number of hydrogen-bond acceptors (Lipinski definition) is 4. The SMILES string of the molecule is CCN(C(=O)O)N(C)c1cc(-n2ccnc2)c2ccc(Cl)c(Cl)c2n1. The van der Waals surface area contributed by atoms with Crippen molar-refractivity contribution in [2.75, 3.05) is 18.6 Å². The van der Waals surface area contributed by atoms with E-state index in [0.29, 0.717) is 21.4 Å². The minimum atomic E-state index is -1.08. The molecule has 0 bridgehead atoms. The number of imidazole rings is 1. The number of carbonyl (C=O) groups is 1. The molecule has 0 aliphatic rings. The van der Waals surface area contributed by atoms with Crippen LogP contribution in [0.3, 0.4) is 0 Å². The van der Waals surface area contributed by atoms with Crippen LogP contribution in [0.1, 0.15) is 6.92 Å². The molecule has 0 unspecified atom stereocenters. The fourth-order valence-electron chi connectivity index (χ4n) is 2.58. The van der Waals surface area contributed by atoms with Gasteiger partial charge in [-0.05, 0) is 19.1 Å². The maximum Gasteiger partial charge on any atom is 0.426 e. The molecule has 1 amide bonds. The van der Waals surface area contributed by atoms with E-state index < -0.39 is 6.09 Å². The number of pyridine rings is 1. The normalized spacial score (nSPS) is 10.9. The van der Waals surface area contributed by atoms with Gasteiger partial charge in [-0.3, -0.25) is 5.01 Å². The molecular formula is C16H15Cl2N5O2. The number of aromatic nitrogens is 3. The molecule has 0 atom stereocenters. The first-order valence-electron chi connectivity index (χ1n) is 7.45. The molecule has 0 saturated carbocycles. The van der Waals surface area contributed by atoms with Gasteiger partial charge in [0.15, 0.2) is 0 Å². The highest BCUT2D eigenvalue weighted by atomic mass is 35.5. The summed E-state index contributed by atoms with van der Waals surface area (Å²) in [5.74, 6) is 0.421. The lowest BCUT2D eigenvalue weighted by molar-refractivity contribution is 0.145. The zero-order chi connectivity index (χ0) is 18.1. The van der Waals surface area contributed by atoms with Crippen LogP contribution in [-0.2, 0) is 0 Å². The Bertz CT molecular complexity index is 930. The van der Waals surface area contributed by atoms with Crippen molar-refractivity contribution in [3.8, 4) is 5.69 Å². The monoisotopic (exact) mass is 379 g/mol. The lowest BCUT2D eigenvalue weighted by Crippen LogP contribution is -2.43. The van der Waals surface area contributed by atoms with E-state index in [-0.39, 0.29) is 6.54 Å². The zero-order valence-corrected chi connectivity index (χ0v) is 15.0. The molecule has 130 valence electrons. The van der Waals surface area contributed by atoms with Gasteiger partial charge in [-0.15, -0.1) is 0 Å². The summed E-state index contributed by atoms with van der Waals surface area (Å²) in [6, 6.07) is 5.30. The van der Waals surface area contributed by atoms with Crippen molar-refractivity contribution in [1.29, 1.82) is 0 Å². The van der Waals surface area contributed by atoms with Crippen molar-refractivity contribution in [2.24, 2.45) is 0 Å². The first-order valence-corrected chi connectivity index (χ1v) is 8.20. The van der Waals surface area contributed by atoms with Crippen LogP contribution < -0.4 is 5.01 Å². The van der Waals surface area contributed by atoms with Crippen LogP contribution in [0.15, 0.2) is 36.9 Å². The average molecular weight is 380 g/mol. The van der Waals surface area contributed by atoms with Gasteiger partial charge in [-0.25, -0.2) is 19.8 Å². The number of amides is 1. The molecule has 1 N–H and O–H groups in total. The molecule has 1 aromatic carbocycles. The van der Waals surface area contributed by atoms with E-state index in [1.807, 2.05) is 10.6 Å². The predicted octanol–water partition coefficient (Wildman–Crippen LogP) is 4.08. The Balaban J connectivity index is 2.27. The summed E-state index contributed by atoms with van der Waals surface area (Å²) in [5.41, 5.74) is 1.26. The van der Waals surface area contributed by atoms with Crippen LogP contribution in [0.4, 0.5) is 10.6 Å². The van der Waals surface area contributed by atoms with Crippen molar-refractivity contribution >= 4 is 46.0 Å². The average Bonchev–Trinajstić information content (AvgIpc) is 3.12. The highest BCUT2D eigenvalue weighted by Crippen LogP contribution is 2.34. The van der Waals surface area contributed by atoms with Crippen molar-refractivity contribution < 1.29 is 9.90 Å². The summed E-state index contributed by atoms with van der Waals surface area (Å²) in [6.07, 6.45) is 4.02. The molecule has 0 spiro atoms. The van der Waals surface area contributed by atoms with E-state index in [4.69, 9.17) is 23.2 Å². The molecule has 0 aliphatic carbocycles. The first-order chi connectivity index (χ1) is 11.9.